The molecule has 0 aromatic heterocycles. The van der Waals surface area contributed by atoms with E-state index in [9.17, 15) is 9.90 Å². The van der Waals surface area contributed by atoms with Crippen LogP contribution in [0, 0.1) is 5.92 Å². The predicted octanol–water partition coefficient (Wildman–Crippen LogP) is 4.58. The first kappa shape index (κ1) is 14.9. The van der Waals surface area contributed by atoms with Gasteiger partial charge in [-0.15, -0.1) is 5.11 Å². The molecule has 0 saturated heterocycles. The molecule has 1 N–H and O–H groups in total. The number of carbonyl (C=O) groups is 1. The summed E-state index contributed by atoms with van der Waals surface area (Å²) in [5.74, 6) is 0.179. The fourth-order valence-corrected chi connectivity index (χ4v) is 1.88. The summed E-state index contributed by atoms with van der Waals surface area (Å²) in [7, 11) is 0. The van der Waals surface area contributed by atoms with Crippen LogP contribution >= 0.6 is 0 Å². The standard InChI is InChI=1S/C17H18N2O2/c1-12(13(2)20)10-14-8-9-17(21)16(11-14)19-18-15-6-4-3-5-7-15/h3-9,11-12,21H,10H2,1-2H3/t12-/m1/s1. The van der Waals surface area contributed by atoms with Crippen molar-refractivity contribution in [3.63, 3.8) is 0 Å². The van der Waals surface area contributed by atoms with Crippen molar-refractivity contribution < 1.29 is 9.90 Å². The third-order valence-electron chi connectivity index (χ3n) is 3.31. The van der Waals surface area contributed by atoms with Gasteiger partial charge in [-0.05, 0) is 43.2 Å². The molecule has 0 unspecified atom stereocenters. The molecule has 0 saturated carbocycles. The summed E-state index contributed by atoms with van der Waals surface area (Å²) < 4.78 is 0. The second-order valence-corrected chi connectivity index (χ2v) is 5.07. The van der Waals surface area contributed by atoms with Crippen LogP contribution in [0.1, 0.15) is 19.4 Å². The number of azo groups is 1. The third kappa shape index (κ3) is 4.24. The summed E-state index contributed by atoms with van der Waals surface area (Å²) in [5, 5.41) is 18.0. The molecule has 0 fully saturated rings. The van der Waals surface area contributed by atoms with Gasteiger partial charge in [0.2, 0.25) is 0 Å². The van der Waals surface area contributed by atoms with Crippen LogP contribution in [0.4, 0.5) is 11.4 Å². The first-order valence-corrected chi connectivity index (χ1v) is 6.85. The molecule has 0 bridgehead atoms. The average molecular weight is 282 g/mol. The maximum Gasteiger partial charge on any atom is 0.143 e. The van der Waals surface area contributed by atoms with Crippen molar-refractivity contribution in [2.24, 2.45) is 16.1 Å². The third-order valence-corrected chi connectivity index (χ3v) is 3.31. The Morgan fingerprint density at radius 1 is 1.14 bits per heavy atom. The van der Waals surface area contributed by atoms with E-state index in [0.29, 0.717) is 12.1 Å². The molecule has 0 aliphatic carbocycles. The zero-order valence-corrected chi connectivity index (χ0v) is 12.2. The second-order valence-electron chi connectivity index (χ2n) is 5.07. The molecule has 0 amide bonds. The number of ketones is 1. The van der Waals surface area contributed by atoms with Gasteiger partial charge in [0.15, 0.2) is 0 Å². The van der Waals surface area contributed by atoms with Crippen molar-refractivity contribution in [1.82, 2.24) is 0 Å². The Morgan fingerprint density at radius 2 is 1.86 bits per heavy atom. The van der Waals surface area contributed by atoms with Crippen LogP contribution in [0.15, 0.2) is 58.8 Å². The van der Waals surface area contributed by atoms with Crippen molar-refractivity contribution in [2.45, 2.75) is 20.3 Å². The van der Waals surface area contributed by atoms with E-state index in [2.05, 4.69) is 10.2 Å². The quantitative estimate of drug-likeness (QED) is 0.816. The molecule has 2 aromatic rings. The Morgan fingerprint density at radius 3 is 2.52 bits per heavy atom. The molecule has 21 heavy (non-hydrogen) atoms. The van der Waals surface area contributed by atoms with Crippen LogP contribution < -0.4 is 0 Å². The van der Waals surface area contributed by atoms with Gasteiger partial charge in [0, 0.05) is 5.92 Å². The highest BCUT2D eigenvalue weighted by Gasteiger charge is 2.10. The van der Waals surface area contributed by atoms with Crippen molar-refractivity contribution in [3.8, 4) is 5.75 Å². The number of aromatic hydroxyl groups is 1. The molecule has 2 aromatic carbocycles. The Hall–Kier alpha value is -2.49. The molecular weight excluding hydrogens is 264 g/mol. The first-order valence-electron chi connectivity index (χ1n) is 6.85. The lowest BCUT2D eigenvalue weighted by molar-refractivity contribution is -0.120. The van der Waals surface area contributed by atoms with Gasteiger partial charge < -0.3 is 5.11 Å². The van der Waals surface area contributed by atoms with Gasteiger partial charge in [-0.1, -0.05) is 31.2 Å². The predicted molar refractivity (Wildman–Crippen MR) is 82.3 cm³/mol. The maximum atomic E-state index is 11.3. The van der Waals surface area contributed by atoms with Crippen molar-refractivity contribution in [3.05, 3.63) is 54.1 Å². The number of carbonyl (C=O) groups excluding carboxylic acids is 1. The molecular formula is C17H18N2O2. The van der Waals surface area contributed by atoms with Gasteiger partial charge in [0.25, 0.3) is 0 Å². The zero-order chi connectivity index (χ0) is 15.2. The van der Waals surface area contributed by atoms with E-state index in [1.54, 1.807) is 25.1 Å². The molecule has 1 atom stereocenters. The van der Waals surface area contributed by atoms with Crippen LogP contribution in [0.2, 0.25) is 0 Å². The van der Waals surface area contributed by atoms with Crippen molar-refractivity contribution in [1.29, 1.82) is 0 Å². The SMILES string of the molecule is CC(=O)[C@H](C)Cc1ccc(O)c(N=Nc2ccccc2)c1. The summed E-state index contributed by atoms with van der Waals surface area (Å²) in [6.45, 7) is 3.47. The highest BCUT2D eigenvalue weighted by atomic mass is 16.3. The van der Waals surface area contributed by atoms with E-state index in [4.69, 9.17) is 0 Å². The number of hydrogen-bond acceptors (Lipinski definition) is 4. The monoisotopic (exact) mass is 282 g/mol. The average Bonchev–Trinajstić information content (AvgIpc) is 2.48. The number of nitrogens with zero attached hydrogens (tertiary/aromatic N) is 2. The summed E-state index contributed by atoms with van der Waals surface area (Å²) in [4.78, 5) is 11.3. The highest BCUT2D eigenvalue weighted by Crippen LogP contribution is 2.29. The lowest BCUT2D eigenvalue weighted by Crippen LogP contribution is -2.09. The van der Waals surface area contributed by atoms with E-state index >= 15 is 0 Å². The molecule has 2 rings (SSSR count). The van der Waals surface area contributed by atoms with Crippen molar-refractivity contribution in [2.75, 3.05) is 0 Å². The van der Waals surface area contributed by atoms with E-state index < -0.39 is 0 Å². The molecule has 4 heteroatoms. The van der Waals surface area contributed by atoms with Gasteiger partial charge in [0.05, 0.1) is 5.69 Å². The fourth-order valence-electron chi connectivity index (χ4n) is 1.88. The molecule has 0 aliphatic rings. The Labute approximate surface area is 124 Å². The summed E-state index contributed by atoms with van der Waals surface area (Å²) >= 11 is 0. The molecule has 108 valence electrons. The lowest BCUT2D eigenvalue weighted by Gasteiger charge is -2.08. The Kier molecular flexibility index (Phi) is 4.82. The molecule has 0 spiro atoms. The lowest BCUT2D eigenvalue weighted by atomic mass is 9.97. The highest BCUT2D eigenvalue weighted by molar-refractivity contribution is 5.78. The fraction of sp³-hybridized carbons (Fsp3) is 0.235. The number of phenolic OH excluding ortho intramolecular Hbond substituents is 1. The number of hydrogen-bond donors (Lipinski definition) is 1. The second kappa shape index (κ2) is 6.79. The Bertz CT molecular complexity index is 651. The zero-order valence-electron chi connectivity index (χ0n) is 12.2. The summed E-state index contributed by atoms with van der Waals surface area (Å²) in [6.07, 6.45) is 0.628. The number of benzene rings is 2. The molecule has 4 nitrogen and oxygen atoms in total. The minimum Gasteiger partial charge on any atom is -0.506 e. The summed E-state index contributed by atoms with van der Waals surface area (Å²) in [5.41, 5.74) is 2.09. The minimum atomic E-state index is -0.0477. The largest absolute Gasteiger partial charge is 0.506 e. The van der Waals surface area contributed by atoms with Gasteiger partial charge >= 0.3 is 0 Å². The molecule has 0 aliphatic heterocycles. The van der Waals surface area contributed by atoms with E-state index in [0.717, 1.165) is 11.3 Å². The summed E-state index contributed by atoms with van der Waals surface area (Å²) in [6, 6.07) is 14.5. The van der Waals surface area contributed by atoms with Gasteiger partial charge in [0.1, 0.15) is 17.2 Å². The number of rotatable bonds is 5. The van der Waals surface area contributed by atoms with Gasteiger partial charge in [-0.2, -0.15) is 5.11 Å². The van der Waals surface area contributed by atoms with Crippen LogP contribution in [0.5, 0.6) is 5.75 Å². The van der Waals surface area contributed by atoms with Crippen LogP contribution in [0.25, 0.3) is 0 Å². The molecule has 0 radical (unpaired) electrons. The first-order chi connectivity index (χ1) is 10.1. The topological polar surface area (TPSA) is 62.0 Å². The van der Waals surface area contributed by atoms with Crippen LogP contribution in [0.3, 0.4) is 0 Å². The molecule has 0 heterocycles. The van der Waals surface area contributed by atoms with E-state index in [1.807, 2.05) is 37.3 Å². The van der Waals surface area contributed by atoms with E-state index in [1.165, 1.54) is 0 Å². The maximum absolute atomic E-state index is 11.3. The normalized spacial score (nSPS) is 12.5. The van der Waals surface area contributed by atoms with E-state index in [-0.39, 0.29) is 17.5 Å². The minimum absolute atomic E-state index is 0.0477. The smallest absolute Gasteiger partial charge is 0.143 e. The van der Waals surface area contributed by atoms with Crippen LogP contribution in [-0.4, -0.2) is 10.9 Å². The van der Waals surface area contributed by atoms with Gasteiger partial charge in [-0.3, -0.25) is 4.79 Å². The number of phenols is 1. The van der Waals surface area contributed by atoms with Crippen molar-refractivity contribution >= 4 is 17.2 Å². The van der Waals surface area contributed by atoms with Gasteiger partial charge in [-0.25, -0.2) is 0 Å². The van der Waals surface area contributed by atoms with Crippen LogP contribution in [-0.2, 0) is 11.2 Å². The Balaban J connectivity index is 2.19. The number of Topliss-reactive ketones (excluding diaryl/α,β-unsaturated/α-hetero) is 1.